The van der Waals surface area contributed by atoms with Gasteiger partial charge in [-0.15, -0.1) is 12.4 Å². The molecule has 0 fully saturated rings. The molecule has 3 nitrogen and oxygen atoms in total. The lowest BCUT2D eigenvalue weighted by Crippen LogP contribution is -2.13. The Balaban J connectivity index is 0.00000320. The lowest BCUT2D eigenvalue weighted by atomic mass is 10.1. The molecule has 0 bridgehead atoms. The van der Waals surface area contributed by atoms with Crippen molar-refractivity contribution in [3.63, 3.8) is 0 Å². The van der Waals surface area contributed by atoms with Crippen LogP contribution in [0.1, 0.15) is 29.2 Å². The lowest BCUT2D eigenvalue weighted by molar-refractivity contribution is 0.264. The third kappa shape index (κ3) is 6.73. The molecule has 0 aliphatic heterocycles. The summed E-state index contributed by atoms with van der Waals surface area (Å²) in [7, 11) is 0. The fourth-order valence-electron chi connectivity index (χ4n) is 2.95. The minimum Gasteiger partial charge on any atom is -0.490 e. The average molecular weight is 495 g/mol. The molecule has 3 aromatic rings. The second kappa shape index (κ2) is 11.9. The first-order valence-corrected chi connectivity index (χ1v) is 10.4. The topological polar surface area (TPSA) is 30.5 Å². The molecule has 0 aliphatic rings. The predicted octanol–water partition coefficient (Wildman–Crippen LogP) is 6.59. The van der Waals surface area contributed by atoms with Gasteiger partial charge in [-0.1, -0.05) is 48.0 Å². The van der Waals surface area contributed by atoms with Crippen molar-refractivity contribution in [1.29, 1.82) is 0 Å². The van der Waals surface area contributed by atoms with Crippen molar-refractivity contribution in [2.75, 3.05) is 6.61 Å². The van der Waals surface area contributed by atoms with E-state index in [1.165, 1.54) is 17.2 Å². The molecule has 0 spiro atoms. The van der Waals surface area contributed by atoms with E-state index in [1.54, 1.807) is 18.2 Å². The van der Waals surface area contributed by atoms with Crippen molar-refractivity contribution in [3.05, 3.63) is 93.2 Å². The Morgan fingerprint density at radius 2 is 1.63 bits per heavy atom. The van der Waals surface area contributed by atoms with Crippen LogP contribution in [-0.2, 0) is 19.7 Å². The molecular formula is C24H26BrClFNO2. The van der Waals surface area contributed by atoms with E-state index >= 15 is 0 Å². The van der Waals surface area contributed by atoms with Crippen molar-refractivity contribution in [1.82, 2.24) is 5.32 Å². The normalized spacial score (nSPS) is 10.4. The first-order valence-electron chi connectivity index (χ1n) is 9.64. The summed E-state index contributed by atoms with van der Waals surface area (Å²) in [6, 6.07) is 19.1. The predicted molar refractivity (Wildman–Crippen MR) is 125 cm³/mol. The van der Waals surface area contributed by atoms with Crippen LogP contribution in [0.4, 0.5) is 4.39 Å². The van der Waals surface area contributed by atoms with E-state index in [2.05, 4.69) is 52.4 Å². The van der Waals surface area contributed by atoms with Gasteiger partial charge in [0, 0.05) is 18.7 Å². The number of hydrogen-bond donors (Lipinski definition) is 1. The zero-order valence-corrected chi connectivity index (χ0v) is 19.5. The van der Waals surface area contributed by atoms with Crippen molar-refractivity contribution in [3.8, 4) is 11.5 Å². The largest absolute Gasteiger partial charge is 0.490 e. The summed E-state index contributed by atoms with van der Waals surface area (Å²) in [6.45, 7) is 6.14. The maximum Gasteiger partial charge on any atom is 0.175 e. The molecule has 0 heterocycles. The molecule has 6 heteroatoms. The maximum absolute atomic E-state index is 13.9. The Kier molecular flexibility index (Phi) is 9.63. The summed E-state index contributed by atoms with van der Waals surface area (Å²) in [4.78, 5) is 0. The van der Waals surface area contributed by atoms with E-state index in [1.807, 2.05) is 19.1 Å². The molecular weight excluding hydrogens is 469 g/mol. The van der Waals surface area contributed by atoms with Crippen LogP contribution in [0.15, 0.2) is 65.1 Å². The zero-order chi connectivity index (χ0) is 20.6. The molecule has 0 saturated carbocycles. The van der Waals surface area contributed by atoms with Gasteiger partial charge < -0.3 is 14.8 Å². The molecule has 30 heavy (non-hydrogen) atoms. The monoisotopic (exact) mass is 493 g/mol. The number of ether oxygens (including phenoxy) is 2. The highest BCUT2D eigenvalue weighted by Crippen LogP contribution is 2.37. The van der Waals surface area contributed by atoms with E-state index in [4.69, 9.17) is 9.47 Å². The molecule has 0 atom stereocenters. The molecule has 0 amide bonds. The van der Waals surface area contributed by atoms with Gasteiger partial charge in [0.15, 0.2) is 11.5 Å². The molecule has 3 rings (SSSR count). The van der Waals surface area contributed by atoms with E-state index in [0.29, 0.717) is 30.2 Å². The number of nitrogens with one attached hydrogen (secondary N) is 1. The van der Waals surface area contributed by atoms with Crippen LogP contribution in [-0.4, -0.2) is 6.61 Å². The summed E-state index contributed by atoms with van der Waals surface area (Å²) < 4.78 is 26.3. The smallest absolute Gasteiger partial charge is 0.175 e. The molecule has 0 unspecified atom stereocenters. The minimum absolute atomic E-state index is 0. The fraction of sp³-hybridized carbons (Fsp3) is 0.250. The van der Waals surface area contributed by atoms with Gasteiger partial charge in [-0.25, -0.2) is 4.39 Å². The highest BCUT2D eigenvalue weighted by Gasteiger charge is 2.13. The number of halogens is 3. The van der Waals surface area contributed by atoms with E-state index in [0.717, 1.165) is 16.6 Å². The minimum atomic E-state index is -0.279. The quantitative estimate of drug-likeness (QED) is 0.364. The Labute approximate surface area is 192 Å². The molecule has 0 aliphatic carbocycles. The summed E-state index contributed by atoms with van der Waals surface area (Å²) >= 11 is 3.58. The average Bonchev–Trinajstić information content (AvgIpc) is 2.70. The molecule has 0 saturated heterocycles. The van der Waals surface area contributed by atoms with Gasteiger partial charge in [-0.3, -0.25) is 0 Å². The van der Waals surface area contributed by atoms with E-state index < -0.39 is 0 Å². The number of hydrogen-bond acceptors (Lipinski definition) is 3. The Hall–Kier alpha value is -2.08. The Morgan fingerprint density at radius 1 is 0.933 bits per heavy atom. The van der Waals surface area contributed by atoms with E-state index in [-0.39, 0.29) is 24.8 Å². The Morgan fingerprint density at radius 3 is 2.33 bits per heavy atom. The highest BCUT2D eigenvalue weighted by molar-refractivity contribution is 9.10. The van der Waals surface area contributed by atoms with Crippen molar-refractivity contribution in [2.45, 2.75) is 33.5 Å². The molecule has 160 valence electrons. The molecule has 3 aromatic carbocycles. The van der Waals surface area contributed by atoms with E-state index in [9.17, 15) is 4.39 Å². The van der Waals surface area contributed by atoms with Gasteiger partial charge in [-0.05, 0) is 59.1 Å². The van der Waals surface area contributed by atoms with Crippen LogP contribution >= 0.6 is 28.3 Å². The van der Waals surface area contributed by atoms with Crippen molar-refractivity contribution >= 4 is 28.3 Å². The SMILES string of the molecule is CCOc1cc(CNCc2ccc(C)cc2)cc(Br)c1OCc1ccccc1F.Cl. The number of benzene rings is 3. The van der Waals surface area contributed by atoms with Crippen LogP contribution in [0.25, 0.3) is 0 Å². The van der Waals surface area contributed by atoms with Crippen LogP contribution in [0.2, 0.25) is 0 Å². The van der Waals surface area contributed by atoms with Crippen LogP contribution < -0.4 is 14.8 Å². The standard InChI is InChI=1S/C24H25BrFNO2.ClH/c1-3-28-23-13-19(15-27-14-18-10-8-17(2)9-11-18)12-21(25)24(23)29-16-20-6-4-5-7-22(20)26;/h4-13,27H,3,14-16H2,1-2H3;1H. The summed E-state index contributed by atoms with van der Waals surface area (Å²) in [5.41, 5.74) is 4.07. The number of aryl methyl sites for hydroxylation is 1. The van der Waals surface area contributed by atoms with Gasteiger partial charge in [0.05, 0.1) is 11.1 Å². The number of rotatable bonds is 9. The summed E-state index contributed by atoms with van der Waals surface area (Å²) in [5.74, 6) is 0.946. The molecule has 1 N–H and O–H groups in total. The van der Waals surface area contributed by atoms with Gasteiger partial charge in [0.2, 0.25) is 0 Å². The second-order valence-corrected chi connectivity index (χ2v) is 7.66. The maximum atomic E-state index is 13.9. The first-order chi connectivity index (χ1) is 14.1. The van der Waals surface area contributed by atoms with Gasteiger partial charge in [0.1, 0.15) is 12.4 Å². The summed E-state index contributed by atoms with van der Waals surface area (Å²) in [5, 5.41) is 3.45. The van der Waals surface area contributed by atoms with Crippen molar-refractivity contribution < 1.29 is 13.9 Å². The van der Waals surface area contributed by atoms with Crippen LogP contribution in [0.3, 0.4) is 0 Å². The van der Waals surface area contributed by atoms with Gasteiger partial charge >= 0.3 is 0 Å². The molecule has 0 radical (unpaired) electrons. The molecule has 0 aromatic heterocycles. The summed E-state index contributed by atoms with van der Waals surface area (Å²) in [6.07, 6.45) is 0. The van der Waals surface area contributed by atoms with Crippen LogP contribution in [0, 0.1) is 12.7 Å². The second-order valence-electron chi connectivity index (χ2n) is 6.81. The third-order valence-corrected chi connectivity index (χ3v) is 5.07. The third-order valence-electron chi connectivity index (χ3n) is 4.48. The lowest BCUT2D eigenvalue weighted by Gasteiger charge is -2.16. The van der Waals surface area contributed by atoms with Gasteiger partial charge in [-0.2, -0.15) is 0 Å². The zero-order valence-electron chi connectivity index (χ0n) is 17.1. The highest BCUT2D eigenvalue weighted by atomic mass is 79.9. The fourth-order valence-corrected chi connectivity index (χ4v) is 3.55. The van der Waals surface area contributed by atoms with Crippen LogP contribution in [0.5, 0.6) is 11.5 Å². The van der Waals surface area contributed by atoms with Crippen molar-refractivity contribution in [2.24, 2.45) is 0 Å². The Bertz CT molecular complexity index is 950. The van der Waals surface area contributed by atoms with Gasteiger partial charge in [0.25, 0.3) is 0 Å². The first kappa shape index (κ1) is 24.2.